The van der Waals surface area contributed by atoms with Crippen LogP contribution in [-0.2, 0) is 21.4 Å². The molecular formula is C16H25NO2. The maximum Gasteiger partial charge on any atom is 0.319 e. The fourth-order valence-electron chi connectivity index (χ4n) is 1.98. The second kappa shape index (κ2) is 7.29. The minimum atomic E-state index is -0.195. The van der Waals surface area contributed by atoms with Gasteiger partial charge in [-0.3, -0.25) is 4.79 Å². The Bertz CT molecular complexity index is 396. The van der Waals surface area contributed by atoms with E-state index in [0.717, 1.165) is 13.0 Å². The molecule has 0 saturated heterocycles. The minimum Gasteiger partial charge on any atom is -0.465 e. The maximum atomic E-state index is 11.3. The van der Waals surface area contributed by atoms with E-state index in [1.54, 1.807) is 0 Å². The van der Waals surface area contributed by atoms with E-state index >= 15 is 0 Å². The van der Waals surface area contributed by atoms with Crippen molar-refractivity contribution in [3.8, 4) is 0 Å². The molecule has 19 heavy (non-hydrogen) atoms. The second-order valence-electron chi connectivity index (χ2n) is 5.34. The van der Waals surface area contributed by atoms with E-state index in [0.29, 0.717) is 6.61 Å². The van der Waals surface area contributed by atoms with Crippen LogP contribution in [0.4, 0.5) is 0 Å². The molecule has 0 radical (unpaired) electrons. The van der Waals surface area contributed by atoms with E-state index in [2.05, 4.69) is 50.4 Å². The number of rotatable bonds is 7. The highest BCUT2D eigenvalue weighted by Crippen LogP contribution is 2.22. The largest absolute Gasteiger partial charge is 0.465 e. The summed E-state index contributed by atoms with van der Waals surface area (Å²) in [7, 11) is 0. The molecule has 1 rings (SSSR count). The number of nitrogens with one attached hydrogen (secondary N) is 1. The van der Waals surface area contributed by atoms with Crippen molar-refractivity contribution < 1.29 is 9.53 Å². The van der Waals surface area contributed by atoms with Gasteiger partial charge in [-0.05, 0) is 24.5 Å². The number of carbonyl (C=O) groups excluding carboxylic acids is 1. The van der Waals surface area contributed by atoms with Crippen molar-refractivity contribution in [2.75, 3.05) is 19.7 Å². The van der Waals surface area contributed by atoms with Crippen molar-refractivity contribution in [3.63, 3.8) is 0 Å². The molecule has 0 atom stereocenters. The molecule has 0 bridgehead atoms. The summed E-state index contributed by atoms with van der Waals surface area (Å²) in [6, 6.07) is 8.68. The quantitative estimate of drug-likeness (QED) is 0.769. The molecule has 0 aliphatic carbocycles. The molecule has 0 heterocycles. The Morgan fingerprint density at radius 1 is 1.21 bits per heavy atom. The monoisotopic (exact) mass is 263 g/mol. The number of hydrogen-bond acceptors (Lipinski definition) is 3. The molecule has 1 aromatic rings. The molecule has 0 saturated carbocycles. The van der Waals surface area contributed by atoms with E-state index in [4.69, 9.17) is 4.74 Å². The van der Waals surface area contributed by atoms with Gasteiger partial charge in [-0.2, -0.15) is 0 Å². The molecule has 106 valence electrons. The van der Waals surface area contributed by atoms with Crippen molar-refractivity contribution in [3.05, 3.63) is 35.4 Å². The van der Waals surface area contributed by atoms with Gasteiger partial charge in [0.2, 0.25) is 0 Å². The van der Waals surface area contributed by atoms with Crippen LogP contribution in [0.5, 0.6) is 0 Å². The number of benzene rings is 1. The first-order chi connectivity index (χ1) is 8.99. The number of aryl methyl sites for hydroxylation is 1. The summed E-state index contributed by atoms with van der Waals surface area (Å²) in [5.74, 6) is -0.195. The van der Waals surface area contributed by atoms with Crippen LogP contribution in [0.15, 0.2) is 24.3 Å². The highest BCUT2D eigenvalue weighted by Gasteiger charge is 2.20. The van der Waals surface area contributed by atoms with Gasteiger partial charge >= 0.3 is 5.97 Å². The zero-order valence-corrected chi connectivity index (χ0v) is 12.5. The molecule has 0 aliphatic rings. The normalized spacial score (nSPS) is 11.4. The summed E-state index contributed by atoms with van der Waals surface area (Å²) in [5.41, 5.74) is 2.62. The molecule has 3 heteroatoms. The summed E-state index contributed by atoms with van der Waals surface area (Å²) >= 11 is 0. The summed E-state index contributed by atoms with van der Waals surface area (Å²) in [4.78, 5) is 11.3. The van der Waals surface area contributed by atoms with Gasteiger partial charge in [-0.1, -0.05) is 45.0 Å². The molecule has 0 aliphatic heterocycles. The first-order valence-electron chi connectivity index (χ1n) is 6.95. The van der Waals surface area contributed by atoms with Crippen molar-refractivity contribution in [1.82, 2.24) is 5.32 Å². The van der Waals surface area contributed by atoms with Gasteiger partial charge in [0.1, 0.15) is 0 Å². The maximum absolute atomic E-state index is 11.3. The molecule has 0 aromatic heterocycles. The van der Waals surface area contributed by atoms with Crippen molar-refractivity contribution in [2.45, 2.75) is 39.5 Å². The van der Waals surface area contributed by atoms with Crippen molar-refractivity contribution in [1.29, 1.82) is 0 Å². The van der Waals surface area contributed by atoms with Gasteiger partial charge in [-0.25, -0.2) is 0 Å². The van der Waals surface area contributed by atoms with Crippen LogP contribution in [0.25, 0.3) is 0 Å². The second-order valence-corrected chi connectivity index (χ2v) is 5.34. The van der Waals surface area contributed by atoms with E-state index in [1.807, 2.05) is 6.92 Å². The summed E-state index contributed by atoms with van der Waals surface area (Å²) in [6.45, 7) is 9.76. The smallest absolute Gasteiger partial charge is 0.319 e. The lowest BCUT2D eigenvalue weighted by atomic mass is 9.84. The highest BCUT2D eigenvalue weighted by atomic mass is 16.5. The standard InChI is InChI=1S/C16H25NO2/c1-5-13-7-9-14(10-8-13)16(3,4)12-17-11-15(18)19-6-2/h7-10,17H,5-6,11-12H2,1-4H3. The number of ether oxygens (including phenoxy) is 1. The Balaban J connectivity index is 2.52. The average molecular weight is 263 g/mol. The first kappa shape index (κ1) is 15.7. The molecule has 3 nitrogen and oxygen atoms in total. The topological polar surface area (TPSA) is 38.3 Å². The Hall–Kier alpha value is -1.35. The molecule has 1 aromatic carbocycles. The van der Waals surface area contributed by atoms with Crippen molar-refractivity contribution >= 4 is 5.97 Å². The lowest BCUT2D eigenvalue weighted by molar-refractivity contribution is -0.142. The van der Waals surface area contributed by atoms with Crippen LogP contribution in [0.2, 0.25) is 0 Å². The van der Waals surface area contributed by atoms with Gasteiger partial charge in [-0.15, -0.1) is 0 Å². The van der Waals surface area contributed by atoms with Crippen LogP contribution in [0, 0.1) is 0 Å². The summed E-state index contributed by atoms with van der Waals surface area (Å²) in [5, 5.41) is 3.16. The Labute approximate surface area is 116 Å². The summed E-state index contributed by atoms with van der Waals surface area (Å²) in [6.07, 6.45) is 1.06. The minimum absolute atomic E-state index is 0.00122. The van der Waals surface area contributed by atoms with Gasteiger partial charge < -0.3 is 10.1 Å². The molecule has 0 fully saturated rings. The highest BCUT2D eigenvalue weighted by molar-refractivity contribution is 5.71. The van der Waals surface area contributed by atoms with E-state index in [-0.39, 0.29) is 17.9 Å². The third-order valence-corrected chi connectivity index (χ3v) is 3.29. The third-order valence-electron chi connectivity index (χ3n) is 3.29. The summed E-state index contributed by atoms with van der Waals surface area (Å²) < 4.78 is 4.89. The van der Waals surface area contributed by atoms with Gasteiger partial charge in [0.05, 0.1) is 13.2 Å². The average Bonchev–Trinajstić information content (AvgIpc) is 2.39. The fraction of sp³-hybridized carbons (Fsp3) is 0.562. The van der Waals surface area contributed by atoms with Crippen LogP contribution in [0.3, 0.4) is 0 Å². The Kier molecular flexibility index (Phi) is 6.03. The van der Waals surface area contributed by atoms with E-state index < -0.39 is 0 Å². The molecule has 0 amide bonds. The Morgan fingerprint density at radius 2 is 1.84 bits per heavy atom. The number of esters is 1. The van der Waals surface area contributed by atoms with Crippen molar-refractivity contribution in [2.24, 2.45) is 0 Å². The van der Waals surface area contributed by atoms with E-state index in [9.17, 15) is 4.79 Å². The predicted octanol–water partition coefficient (Wildman–Crippen LogP) is 2.68. The molecular weight excluding hydrogens is 238 g/mol. The lowest BCUT2D eigenvalue weighted by Crippen LogP contribution is -2.36. The van der Waals surface area contributed by atoms with Crippen LogP contribution in [-0.4, -0.2) is 25.7 Å². The molecule has 1 N–H and O–H groups in total. The zero-order chi connectivity index (χ0) is 14.3. The third kappa shape index (κ3) is 5.03. The predicted molar refractivity (Wildman–Crippen MR) is 78.3 cm³/mol. The molecule has 0 spiro atoms. The fourth-order valence-corrected chi connectivity index (χ4v) is 1.98. The van der Waals surface area contributed by atoms with Crippen LogP contribution >= 0.6 is 0 Å². The van der Waals surface area contributed by atoms with E-state index in [1.165, 1.54) is 11.1 Å². The molecule has 0 unspecified atom stereocenters. The number of hydrogen-bond donors (Lipinski definition) is 1. The lowest BCUT2D eigenvalue weighted by Gasteiger charge is -2.25. The Morgan fingerprint density at radius 3 is 2.37 bits per heavy atom. The van der Waals surface area contributed by atoms with Gasteiger partial charge in [0.25, 0.3) is 0 Å². The zero-order valence-electron chi connectivity index (χ0n) is 12.5. The van der Waals surface area contributed by atoms with Gasteiger partial charge in [0.15, 0.2) is 0 Å². The number of carbonyl (C=O) groups is 1. The van der Waals surface area contributed by atoms with Crippen LogP contribution < -0.4 is 5.32 Å². The SMILES string of the molecule is CCOC(=O)CNCC(C)(C)c1ccc(CC)cc1. The van der Waals surface area contributed by atoms with Gasteiger partial charge in [0, 0.05) is 12.0 Å². The first-order valence-corrected chi connectivity index (χ1v) is 6.95. The van der Waals surface area contributed by atoms with Crippen LogP contribution in [0.1, 0.15) is 38.8 Å².